The molecule has 2 aliphatic heterocycles. The first-order valence-electron chi connectivity index (χ1n) is 12.9. The molecule has 0 unspecified atom stereocenters. The molecule has 1 aromatic heterocycles. The molecule has 1 amide bonds. The molecule has 1 atom stereocenters. The molecule has 3 aromatic rings. The molecule has 0 bridgehead atoms. The monoisotopic (exact) mass is 470 g/mol. The fourth-order valence-electron chi connectivity index (χ4n) is 5.55. The molecule has 0 saturated carbocycles. The number of rotatable bonds is 7. The van der Waals surface area contributed by atoms with Gasteiger partial charge in [-0.1, -0.05) is 0 Å². The number of amides is 1. The summed E-state index contributed by atoms with van der Waals surface area (Å²) in [6.07, 6.45) is 7.73. The number of carbonyl (C=O) groups excluding carboxylic acids is 1. The second kappa shape index (κ2) is 10.5. The van der Waals surface area contributed by atoms with Crippen LogP contribution < -0.4 is 4.74 Å². The summed E-state index contributed by atoms with van der Waals surface area (Å²) in [6, 6.07) is 18.7. The maximum Gasteiger partial charge on any atom is 0.253 e. The lowest BCUT2D eigenvalue weighted by atomic mass is 10.0. The zero-order valence-corrected chi connectivity index (χ0v) is 20.5. The van der Waals surface area contributed by atoms with Crippen molar-refractivity contribution in [3.8, 4) is 11.8 Å². The summed E-state index contributed by atoms with van der Waals surface area (Å²) >= 11 is 0. The molecule has 5 rings (SSSR count). The van der Waals surface area contributed by atoms with Gasteiger partial charge in [0.05, 0.1) is 18.2 Å². The quantitative estimate of drug-likeness (QED) is 0.443. The SMILES string of the molecule is C[C@@H]1CCCN1CCCOc1ccc2c(ccn2C2CCN(C(=O)c3ccc(C#N)cc3)CC2)c1. The summed E-state index contributed by atoms with van der Waals surface area (Å²) in [5.74, 6) is 0.985. The van der Waals surface area contributed by atoms with E-state index >= 15 is 0 Å². The van der Waals surface area contributed by atoms with Crippen molar-refractivity contribution in [2.45, 2.75) is 51.1 Å². The molecular formula is C29H34N4O2. The standard InChI is InChI=1S/C29H34N4O2/c1-22-4-2-14-31(22)15-3-19-35-27-9-10-28-25(20-27)11-18-33(28)26-12-16-32(17-13-26)29(34)24-7-5-23(21-30)6-8-24/h5-11,18,20,22,26H,2-4,12-17,19H2,1H3/t22-/m1/s1. The number of fused-ring (bicyclic) bond motifs is 1. The average Bonchev–Trinajstić information content (AvgIpc) is 3.52. The van der Waals surface area contributed by atoms with Gasteiger partial charge in [-0.2, -0.15) is 5.26 Å². The zero-order valence-electron chi connectivity index (χ0n) is 20.5. The van der Waals surface area contributed by atoms with E-state index < -0.39 is 0 Å². The summed E-state index contributed by atoms with van der Waals surface area (Å²) in [5.41, 5.74) is 2.45. The van der Waals surface area contributed by atoms with Crippen LogP contribution >= 0.6 is 0 Å². The van der Waals surface area contributed by atoms with E-state index in [1.165, 1.54) is 30.3 Å². The van der Waals surface area contributed by atoms with Crippen molar-refractivity contribution >= 4 is 16.8 Å². The van der Waals surface area contributed by atoms with Crippen molar-refractivity contribution in [2.24, 2.45) is 0 Å². The molecule has 0 radical (unpaired) electrons. The van der Waals surface area contributed by atoms with E-state index in [4.69, 9.17) is 10.00 Å². The Labute approximate surface area is 207 Å². The van der Waals surface area contributed by atoms with Gasteiger partial charge in [0.2, 0.25) is 0 Å². The number of nitriles is 1. The Morgan fingerprint density at radius 2 is 1.86 bits per heavy atom. The van der Waals surface area contributed by atoms with Crippen LogP contribution in [-0.4, -0.2) is 59.1 Å². The zero-order chi connectivity index (χ0) is 24.2. The average molecular weight is 471 g/mol. The lowest BCUT2D eigenvalue weighted by molar-refractivity contribution is 0.0696. The molecule has 6 heteroatoms. The van der Waals surface area contributed by atoms with Crippen molar-refractivity contribution in [2.75, 3.05) is 32.8 Å². The van der Waals surface area contributed by atoms with Gasteiger partial charge in [-0.05, 0) is 94.1 Å². The molecule has 2 aromatic carbocycles. The fourth-order valence-corrected chi connectivity index (χ4v) is 5.55. The Morgan fingerprint density at radius 1 is 1.06 bits per heavy atom. The van der Waals surface area contributed by atoms with E-state index in [0.29, 0.717) is 23.2 Å². The minimum atomic E-state index is 0.0475. The molecule has 182 valence electrons. The van der Waals surface area contributed by atoms with Gasteiger partial charge in [-0.3, -0.25) is 4.79 Å². The largest absolute Gasteiger partial charge is 0.494 e. The summed E-state index contributed by atoms with van der Waals surface area (Å²) in [5, 5.41) is 10.2. The van der Waals surface area contributed by atoms with Gasteiger partial charge in [0.25, 0.3) is 5.91 Å². The second-order valence-corrected chi connectivity index (χ2v) is 9.89. The fraction of sp³-hybridized carbons (Fsp3) is 0.448. The number of aromatic nitrogens is 1. The van der Waals surface area contributed by atoms with Crippen molar-refractivity contribution in [1.29, 1.82) is 5.26 Å². The first kappa shape index (κ1) is 23.4. The molecule has 6 nitrogen and oxygen atoms in total. The summed E-state index contributed by atoms with van der Waals surface area (Å²) < 4.78 is 8.42. The smallest absolute Gasteiger partial charge is 0.253 e. The predicted molar refractivity (Wildman–Crippen MR) is 138 cm³/mol. The molecule has 0 aliphatic carbocycles. The number of likely N-dealkylation sites (tertiary alicyclic amines) is 2. The number of hydrogen-bond donors (Lipinski definition) is 0. The maximum absolute atomic E-state index is 12.9. The van der Waals surface area contributed by atoms with E-state index in [9.17, 15) is 4.79 Å². The highest BCUT2D eigenvalue weighted by atomic mass is 16.5. The number of piperidine rings is 1. The van der Waals surface area contributed by atoms with Crippen LogP contribution in [0.1, 0.15) is 61.0 Å². The molecule has 3 heterocycles. The minimum absolute atomic E-state index is 0.0475. The minimum Gasteiger partial charge on any atom is -0.494 e. The third-order valence-corrected chi connectivity index (χ3v) is 7.65. The molecule has 0 spiro atoms. The van der Waals surface area contributed by atoms with Gasteiger partial charge >= 0.3 is 0 Å². The number of benzene rings is 2. The molecule has 2 fully saturated rings. The van der Waals surface area contributed by atoms with Gasteiger partial charge in [-0.15, -0.1) is 0 Å². The third-order valence-electron chi connectivity index (χ3n) is 7.65. The Morgan fingerprint density at radius 3 is 2.57 bits per heavy atom. The van der Waals surface area contributed by atoms with E-state index in [-0.39, 0.29) is 5.91 Å². The maximum atomic E-state index is 12.9. The highest BCUT2D eigenvalue weighted by Crippen LogP contribution is 2.30. The van der Waals surface area contributed by atoms with E-state index in [1.54, 1.807) is 24.3 Å². The van der Waals surface area contributed by atoms with Crippen LogP contribution in [-0.2, 0) is 0 Å². The molecule has 2 aliphatic rings. The van der Waals surface area contributed by atoms with Crippen molar-refractivity contribution in [1.82, 2.24) is 14.4 Å². The number of nitrogens with zero attached hydrogens (tertiary/aromatic N) is 4. The Bertz CT molecular complexity index is 1200. The van der Waals surface area contributed by atoms with Crippen LogP contribution in [0, 0.1) is 11.3 Å². The van der Waals surface area contributed by atoms with Gasteiger partial charge in [-0.25, -0.2) is 0 Å². The molecular weight excluding hydrogens is 436 g/mol. The first-order chi connectivity index (χ1) is 17.1. The predicted octanol–water partition coefficient (Wildman–Crippen LogP) is 5.24. The third kappa shape index (κ3) is 5.21. The first-order valence-corrected chi connectivity index (χ1v) is 12.9. The van der Waals surface area contributed by atoms with Gasteiger partial charge in [0.15, 0.2) is 0 Å². The van der Waals surface area contributed by atoms with Crippen LogP contribution in [0.5, 0.6) is 5.75 Å². The van der Waals surface area contributed by atoms with Crippen LogP contribution in [0.15, 0.2) is 54.7 Å². The summed E-state index contributed by atoms with van der Waals surface area (Å²) in [7, 11) is 0. The topological polar surface area (TPSA) is 61.5 Å². The van der Waals surface area contributed by atoms with Gasteiger partial charge < -0.3 is 19.1 Å². The van der Waals surface area contributed by atoms with Crippen LogP contribution in [0.2, 0.25) is 0 Å². The molecule has 0 N–H and O–H groups in total. The van der Waals surface area contributed by atoms with Crippen LogP contribution in [0.4, 0.5) is 0 Å². The van der Waals surface area contributed by atoms with Crippen molar-refractivity contribution < 1.29 is 9.53 Å². The number of ether oxygens (including phenoxy) is 1. The molecule has 35 heavy (non-hydrogen) atoms. The highest BCUT2D eigenvalue weighted by Gasteiger charge is 2.25. The highest BCUT2D eigenvalue weighted by molar-refractivity contribution is 5.94. The Hall–Kier alpha value is -3.30. The summed E-state index contributed by atoms with van der Waals surface area (Å²) in [4.78, 5) is 17.4. The van der Waals surface area contributed by atoms with Crippen LogP contribution in [0.25, 0.3) is 10.9 Å². The van der Waals surface area contributed by atoms with Gasteiger partial charge in [0.1, 0.15) is 5.75 Å². The lowest BCUT2D eigenvalue weighted by Gasteiger charge is -2.33. The van der Waals surface area contributed by atoms with Crippen molar-refractivity contribution in [3.63, 3.8) is 0 Å². The summed E-state index contributed by atoms with van der Waals surface area (Å²) in [6.45, 7) is 6.89. The number of carbonyl (C=O) groups is 1. The normalized spacial score (nSPS) is 19.2. The Kier molecular flexibility index (Phi) is 7.06. The van der Waals surface area contributed by atoms with Crippen LogP contribution in [0.3, 0.4) is 0 Å². The molecule has 2 saturated heterocycles. The Balaban J connectivity index is 1.15. The lowest BCUT2D eigenvalue weighted by Crippen LogP contribution is -2.39. The van der Waals surface area contributed by atoms with Gasteiger partial charge in [0, 0.05) is 54.4 Å². The number of hydrogen-bond acceptors (Lipinski definition) is 4. The van der Waals surface area contributed by atoms with Crippen molar-refractivity contribution in [3.05, 3.63) is 65.9 Å². The van der Waals surface area contributed by atoms with E-state index in [1.807, 2.05) is 4.90 Å². The second-order valence-electron chi connectivity index (χ2n) is 9.89. The van der Waals surface area contributed by atoms with E-state index in [2.05, 4.69) is 52.9 Å². The van der Waals surface area contributed by atoms with E-state index in [0.717, 1.165) is 51.3 Å².